The van der Waals surface area contributed by atoms with Crippen LogP contribution in [0.1, 0.15) is 0 Å². The third kappa shape index (κ3) is 30.6. The Morgan fingerprint density at radius 1 is 1.33 bits per heavy atom. The van der Waals surface area contributed by atoms with Crippen LogP contribution in [0, 0.1) is 0 Å². The van der Waals surface area contributed by atoms with Gasteiger partial charge in [-0.05, 0) is 14.1 Å². The van der Waals surface area contributed by atoms with E-state index in [1.807, 2.05) is 20.2 Å². The summed E-state index contributed by atoms with van der Waals surface area (Å²) >= 11 is 0. The van der Waals surface area contributed by atoms with Crippen molar-refractivity contribution in [3.63, 3.8) is 0 Å². The molecule has 0 fully saturated rings. The van der Waals surface area contributed by atoms with Crippen molar-refractivity contribution >= 4 is 24.8 Å². The van der Waals surface area contributed by atoms with Crippen LogP contribution in [0.4, 0.5) is 0 Å². The summed E-state index contributed by atoms with van der Waals surface area (Å²) in [6, 6.07) is 0. The highest BCUT2D eigenvalue weighted by Gasteiger charge is 1.75. The lowest BCUT2D eigenvalue weighted by atomic mass is 10.6. The van der Waals surface area contributed by atoms with Gasteiger partial charge in [-0.1, -0.05) is 6.08 Å². The van der Waals surface area contributed by atoms with E-state index < -0.39 is 0 Å². The Labute approximate surface area is 69.7 Å². The molecule has 3 N–H and O–H groups in total. The van der Waals surface area contributed by atoms with E-state index >= 15 is 0 Å². The van der Waals surface area contributed by atoms with Crippen LogP contribution in [-0.4, -0.2) is 25.5 Å². The monoisotopic (exact) mass is 174 g/mol. The van der Waals surface area contributed by atoms with Gasteiger partial charge >= 0.3 is 0 Å². The van der Waals surface area contributed by atoms with Gasteiger partial charge in [-0.2, -0.15) is 0 Å². The highest BCUT2D eigenvalue weighted by molar-refractivity contribution is 5.85. The predicted molar refractivity (Wildman–Crippen MR) is 48.3 cm³/mol. The minimum Gasteiger partial charge on any atom is -0.344 e. The number of hydrogen-bond acceptors (Lipinski definition) is 2. The van der Waals surface area contributed by atoms with Crippen molar-refractivity contribution in [3.05, 3.63) is 12.7 Å². The molecule has 0 unspecified atom stereocenters. The van der Waals surface area contributed by atoms with Crippen LogP contribution >= 0.6 is 24.8 Å². The summed E-state index contributed by atoms with van der Waals surface area (Å²) in [6.07, 6.45) is 1.88. The summed E-state index contributed by atoms with van der Waals surface area (Å²) < 4.78 is 0. The summed E-state index contributed by atoms with van der Waals surface area (Å²) in [6.45, 7) is 4.53. The topological polar surface area (TPSA) is 38.2 Å². The molecule has 0 radical (unpaired) electrons. The first-order chi connectivity index (χ1) is 2.77. The molecular formula is C5H16Cl2N2. The SMILES string of the molecule is C=CCN(C)C.Cl.Cl.N. The molecule has 0 rings (SSSR count). The van der Waals surface area contributed by atoms with Crippen LogP contribution in [0.5, 0.6) is 0 Å². The third-order valence-corrected chi connectivity index (χ3v) is 0.494. The second-order valence-electron chi connectivity index (χ2n) is 1.55. The molecule has 0 aromatic heterocycles. The number of halogens is 2. The van der Waals surface area contributed by atoms with E-state index in [1.54, 1.807) is 0 Å². The van der Waals surface area contributed by atoms with Gasteiger partial charge in [0.05, 0.1) is 0 Å². The molecule has 0 bridgehead atoms. The van der Waals surface area contributed by atoms with Crippen molar-refractivity contribution < 1.29 is 0 Å². The van der Waals surface area contributed by atoms with Crippen LogP contribution < -0.4 is 6.15 Å². The highest BCUT2D eigenvalue weighted by Crippen LogP contribution is 1.69. The largest absolute Gasteiger partial charge is 0.344 e. The predicted octanol–water partition coefficient (Wildman–Crippen LogP) is 1.74. The Morgan fingerprint density at radius 3 is 1.67 bits per heavy atom. The van der Waals surface area contributed by atoms with Gasteiger partial charge in [-0.15, -0.1) is 31.4 Å². The molecule has 0 spiro atoms. The second-order valence-corrected chi connectivity index (χ2v) is 1.55. The van der Waals surface area contributed by atoms with Gasteiger partial charge < -0.3 is 11.1 Å². The van der Waals surface area contributed by atoms with Crippen LogP contribution in [0.25, 0.3) is 0 Å². The normalized spacial score (nSPS) is 6.11. The molecule has 0 saturated carbocycles. The smallest absolute Gasteiger partial charge is 0.0154 e. The second kappa shape index (κ2) is 15.7. The average molecular weight is 175 g/mol. The molecule has 0 aliphatic carbocycles. The molecule has 0 aliphatic heterocycles. The molecule has 0 aromatic rings. The summed E-state index contributed by atoms with van der Waals surface area (Å²) in [7, 11) is 4.03. The van der Waals surface area contributed by atoms with Gasteiger partial charge in [0.15, 0.2) is 0 Å². The molecule has 4 heteroatoms. The lowest BCUT2D eigenvalue weighted by Crippen LogP contribution is -2.09. The van der Waals surface area contributed by atoms with Crippen molar-refractivity contribution in [1.29, 1.82) is 0 Å². The number of nitrogens with zero attached hydrogens (tertiary/aromatic N) is 1. The maximum atomic E-state index is 3.56. The van der Waals surface area contributed by atoms with E-state index in [-0.39, 0.29) is 31.0 Å². The average Bonchev–Trinajstić information content (AvgIpc) is 1.35. The quantitative estimate of drug-likeness (QED) is 0.649. The minimum absolute atomic E-state index is 0. The Morgan fingerprint density at radius 2 is 1.67 bits per heavy atom. The molecule has 0 atom stereocenters. The van der Waals surface area contributed by atoms with Gasteiger partial charge in [0.25, 0.3) is 0 Å². The van der Waals surface area contributed by atoms with Crippen LogP contribution in [0.2, 0.25) is 0 Å². The third-order valence-electron chi connectivity index (χ3n) is 0.494. The number of likely N-dealkylation sites (N-methyl/N-ethyl adjacent to an activating group) is 1. The first-order valence-electron chi connectivity index (χ1n) is 2.03. The van der Waals surface area contributed by atoms with Crippen molar-refractivity contribution in [3.8, 4) is 0 Å². The molecule has 9 heavy (non-hydrogen) atoms. The van der Waals surface area contributed by atoms with Gasteiger partial charge in [-0.3, -0.25) is 0 Å². The zero-order valence-electron chi connectivity index (χ0n) is 5.96. The fourth-order valence-corrected chi connectivity index (χ4v) is 0.258. The van der Waals surface area contributed by atoms with E-state index in [9.17, 15) is 0 Å². The van der Waals surface area contributed by atoms with E-state index in [4.69, 9.17) is 0 Å². The minimum atomic E-state index is 0. The zero-order chi connectivity index (χ0) is 4.99. The van der Waals surface area contributed by atoms with E-state index in [0.717, 1.165) is 6.54 Å². The molecule has 0 aromatic carbocycles. The molecule has 0 aliphatic rings. The standard InChI is InChI=1S/C5H11N.2ClH.H3N/c1-4-5-6(2)3;;;/h4H,1,5H2,2-3H3;2*1H;1H3. The zero-order valence-corrected chi connectivity index (χ0v) is 7.60. The van der Waals surface area contributed by atoms with Crippen LogP contribution in [0.3, 0.4) is 0 Å². The van der Waals surface area contributed by atoms with Gasteiger partial charge in [0, 0.05) is 6.54 Å². The van der Waals surface area contributed by atoms with Crippen molar-refractivity contribution in [2.24, 2.45) is 0 Å². The number of hydrogen-bond donors (Lipinski definition) is 1. The summed E-state index contributed by atoms with van der Waals surface area (Å²) in [5.74, 6) is 0. The maximum Gasteiger partial charge on any atom is 0.0154 e. The maximum absolute atomic E-state index is 3.56. The number of rotatable bonds is 2. The molecule has 60 valence electrons. The highest BCUT2D eigenvalue weighted by atomic mass is 35.5. The van der Waals surface area contributed by atoms with Crippen molar-refractivity contribution in [2.75, 3.05) is 20.6 Å². The van der Waals surface area contributed by atoms with Crippen molar-refractivity contribution in [1.82, 2.24) is 11.1 Å². The molecule has 0 amide bonds. The summed E-state index contributed by atoms with van der Waals surface area (Å²) in [5.41, 5.74) is 0. The molecule has 2 nitrogen and oxygen atoms in total. The van der Waals surface area contributed by atoms with E-state index in [1.165, 1.54) is 0 Å². The first-order valence-corrected chi connectivity index (χ1v) is 2.03. The first kappa shape index (κ1) is 22.8. The fourth-order valence-electron chi connectivity index (χ4n) is 0.258. The van der Waals surface area contributed by atoms with Crippen molar-refractivity contribution in [2.45, 2.75) is 0 Å². The van der Waals surface area contributed by atoms with Gasteiger partial charge in [-0.25, -0.2) is 0 Å². The Balaban J connectivity index is -0.0000000417. The molecule has 0 saturated heterocycles. The lowest BCUT2D eigenvalue weighted by molar-refractivity contribution is 0.457. The van der Waals surface area contributed by atoms with Crippen LogP contribution in [0.15, 0.2) is 12.7 Å². The Bertz CT molecular complexity index is 48.2. The Kier molecular flexibility index (Phi) is 39.9. The molecular weight excluding hydrogens is 159 g/mol. The van der Waals surface area contributed by atoms with E-state index in [2.05, 4.69) is 11.5 Å². The Hall–Kier alpha value is 0.240. The van der Waals surface area contributed by atoms with Gasteiger partial charge in [0.1, 0.15) is 0 Å². The van der Waals surface area contributed by atoms with Crippen LogP contribution in [-0.2, 0) is 0 Å². The lowest BCUT2D eigenvalue weighted by Gasteiger charge is -2.01. The summed E-state index contributed by atoms with van der Waals surface area (Å²) in [5, 5.41) is 0. The van der Waals surface area contributed by atoms with E-state index in [0.29, 0.717) is 0 Å². The fraction of sp³-hybridized carbons (Fsp3) is 0.600. The summed E-state index contributed by atoms with van der Waals surface area (Å²) in [4.78, 5) is 2.06. The van der Waals surface area contributed by atoms with Gasteiger partial charge in [0.2, 0.25) is 0 Å². The molecule has 0 heterocycles.